The molecule has 1 fully saturated rings. The van der Waals surface area contributed by atoms with E-state index >= 15 is 0 Å². The number of carbonyl (C=O) groups excluding carboxylic acids is 3. The summed E-state index contributed by atoms with van der Waals surface area (Å²) in [6.07, 6.45) is 0.652. The monoisotopic (exact) mass is 537 g/mol. The number of rotatable bonds is 16. The molecular formula is C30H39N3O6. The zero-order chi connectivity index (χ0) is 28.4. The first-order valence-electron chi connectivity index (χ1n) is 13.1. The Morgan fingerprint density at radius 3 is 2.18 bits per heavy atom. The first-order valence-corrected chi connectivity index (χ1v) is 13.1. The number of Topliss-reactive ketones (excluding diaryl/α,β-unsaturated/α-hetero) is 1. The van der Waals surface area contributed by atoms with Crippen molar-refractivity contribution in [2.24, 2.45) is 0 Å². The summed E-state index contributed by atoms with van der Waals surface area (Å²) in [6.45, 7) is 10.1. The van der Waals surface area contributed by atoms with Crippen molar-refractivity contribution >= 4 is 17.6 Å². The van der Waals surface area contributed by atoms with Crippen LogP contribution in [0.15, 0.2) is 66.9 Å². The Hall–Kier alpha value is -3.69. The van der Waals surface area contributed by atoms with Gasteiger partial charge >= 0.3 is 0 Å². The molecule has 4 atom stereocenters. The van der Waals surface area contributed by atoms with E-state index in [-0.39, 0.29) is 24.2 Å². The van der Waals surface area contributed by atoms with Gasteiger partial charge in [-0.2, -0.15) is 0 Å². The molecule has 0 saturated carbocycles. The van der Waals surface area contributed by atoms with E-state index in [0.29, 0.717) is 37.5 Å². The van der Waals surface area contributed by atoms with Gasteiger partial charge in [0, 0.05) is 18.7 Å². The zero-order valence-electron chi connectivity index (χ0n) is 23.1. The molecule has 0 spiro atoms. The lowest BCUT2D eigenvalue weighted by Gasteiger charge is -2.27. The summed E-state index contributed by atoms with van der Waals surface area (Å²) in [5.74, 6) is -0.111. The molecule has 1 heterocycles. The average molecular weight is 538 g/mol. The van der Waals surface area contributed by atoms with Crippen LogP contribution in [0.5, 0.6) is 5.75 Å². The number of carbonyl (C=O) groups is 3. The molecule has 0 radical (unpaired) electrons. The third kappa shape index (κ3) is 8.94. The van der Waals surface area contributed by atoms with Crippen molar-refractivity contribution in [3.8, 4) is 5.75 Å². The van der Waals surface area contributed by atoms with Crippen molar-refractivity contribution in [2.75, 3.05) is 26.9 Å². The summed E-state index contributed by atoms with van der Waals surface area (Å²) < 4.78 is 15.8. The van der Waals surface area contributed by atoms with Crippen molar-refractivity contribution in [3.63, 3.8) is 0 Å². The highest BCUT2D eigenvalue weighted by atomic mass is 16.6. The van der Waals surface area contributed by atoms with Gasteiger partial charge in [-0.05, 0) is 50.5 Å². The minimum Gasteiger partial charge on any atom is -0.497 e. The van der Waals surface area contributed by atoms with Crippen molar-refractivity contribution in [3.05, 3.63) is 78.0 Å². The Labute approximate surface area is 230 Å². The van der Waals surface area contributed by atoms with Gasteiger partial charge in [0.25, 0.3) is 0 Å². The molecular weight excluding hydrogens is 498 g/mol. The maximum Gasteiger partial charge on any atom is 0.246 e. The van der Waals surface area contributed by atoms with Gasteiger partial charge in [0.15, 0.2) is 5.78 Å². The molecule has 0 bridgehead atoms. The summed E-state index contributed by atoms with van der Waals surface area (Å²) in [7, 11) is 1.59. The number of hydrogen-bond acceptors (Lipinski definition) is 7. The van der Waals surface area contributed by atoms with Gasteiger partial charge in [-0.25, -0.2) is 0 Å². The highest BCUT2D eigenvalue weighted by molar-refractivity contribution is 5.97. The number of hydrogen-bond donors (Lipinski definition) is 3. The SMILES string of the molecule is C=C(N[C@@H](Cc1ccc(OC)cc1)C(=O)N[C@@H](Cc1ccccc1)C(=O)[C@@]1(C)CO1)[C@H](C)NC(=O)COCC. The lowest BCUT2D eigenvalue weighted by molar-refractivity contribution is -0.131. The van der Waals surface area contributed by atoms with Crippen molar-refractivity contribution < 1.29 is 28.6 Å². The van der Waals surface area contributed by atoms with Crippen LogP contribution in [0, 0.1) is 0 Å². The van der Waals surface area contributed by atoms with Gasteiger partial charge in [0.05, 0.1) is 25.8 Å². The number of methoxy groups -OCH3 is 1. The lowest BCUT2D eigenvalue weighted by atomic mass is 9.94. The zero-order valence-corrected chi connectivity index (χ0v) is 23.1. The Kier molecular flexibility index (Phi) is 10.7. The molecule has 0 aromatic heterocycles. The standard InChI is InChI=1S/C30H39N3O6/c1-6-38-18-27(34)32-21(3)20(2)31-26(17-23-12-14-24(37-5)15-13-23)29(36)33-25(28(35)30(4)19-39-30)16-22-10-8-7-9-11-22/h7-15,21,25-26,31H,2,6,16-19H2,1,3-5H3,(H,32,34)(H,33,36)/t21-,25-,26-,30+/m0/s1. The largest absolute Gasteiger partial charge is 0.497 e. The summed E-state index contributed by atoms with van der Waals surface area (Å²) in [5.41, 5.74) is 1.37. The van der Waals surface area contributed by atoms with Crippen LogP contribution in [0.25, 0.3) is 0 Å². The van der Waals surface area contributed by atoms with Gasteiger partial charge in [-0.1, -0.05) is 49.0 Å². The maximum atomic E-state index is 13.7. The van der Waals surface area contributed by atoms with Crippen molar-refractivity contribution in [2.45, 2.75) is 57.3 Å². The highest BCUT2D eigenvalue weighted by Crippen LogP contribution is 2.29. The van der Waals surface area contributed by atoms with Crippen LogP contribution in [-0.4, -0.2) is 68.3 Å². The number of ether oxygens (including phenoxy) is 3. The van der Waals surface area contributed by atoms with Crippen LogP contribution in [0.2, 0.25) is 0 Å². The van der Waals surface area contributed by atoms with Gasteiger partial charge in [-0.3, -0.25) is 14.4 Å². The summed E-state index contributed by atoms with van der Waals surface area (Å²) in [5, 5.41) is 8.96. The fourth-order valence-corrected chi connectivity index (χ4v) is 4.07. The molecule has 9 nitrogen and oxygen atoms in total. The number of nitrogens with one attached hydrogen (secondary N) is 3. The predicted molar refractivity (Wildman–Crippen MR) is 148 cm³/mol. The lowest BCUT2D eigenvalue weighted by Crippen LogP contribution is -2.54. The minimum absolute atomic E-state index is 0.0615. The quantitative estimate of drug-likeness (QED) is 0.281. The van der Waals surface area contributed by atoms with E-state index in [1.807, 2.05) is 61.5 Å². The summed E-state index contributed by atoms with van der Waals surface area (Å²) in [6, 6.07) is 14.9. The number of epoxide rings is 1. The maximum absolute atomic E-state index is 13.7. The Balaban J connectivity index is 1.78. The first kappa shape index (κ1) is 29.9. The summed E-state index contributed by atoms with van der Waals surface area (Å²) >= 11 is 0. The Morgan fingerprint density at radius 1 is 0.974 bits per heavy atom. The van der Waals surface area contributed by atoms with Crippen LogP contribution in [0.1, 0.15) is 31.9 Å². The smallest absolute Gasteiger partial charge is 0.246 e. The number of amides is 2. The third-order valence-corrected chi connectivity index (χ3v) is 6.63. The van der Waals surface area contributed by atoms with Crippen LogP contribution in [0.3, 0.4) is 0 Å². The van der Waals surface area contributed by atoms with Crippen molar-refractivity contribution in [1.29, 1.82) is 0 Å². The van der Waals surface area contributed by atoms with Crippen LogP contribution >= 0.6 is 0 Å². The van der Waals surface area contributed by atoms with E-state index in [9.17, 15) is 14.4 Å². The minimum atomic E-state index is -0.894. The van der Waals surface area contributed by atoms with Gasteiger partial charge in [0.1, 0.15) is 24.0 Å². The van der Waals surface area contributed by atoms with Crippen molar-refractivity contribution in [1.82, 2.24) is 16.0 Å². The second-order valence-electron chi connectivity index (χ2n) is 9.84. The molecule has 210 valence electrons. The third-order valence-electron chi connectivity index (χ3n) is 6.63. The van der Waals surface area contributed by atoms with E-state index in [0.717, 1.165) is 11.1 Å². The predicted octanol–water partition coefficient (Wildman–Crippen LogP) is 2.34. The average Bonchev–Trinajstić information content (AvgIpc) is 3.69. The van der Waals surface area contributed by atoms with Gasteiger partial charge in [-0.15, -0.1) is 0 Å². The van der Waals surface area contributed by atoms with Crippen LogP contribution in [-0.2, 0) is 36.7 Å². The fourth-order valence-electron chi connectivity index (χ4n) is 4.07. The topological polar surface area (TPSA) is 118 Å². The second-order valence-corrected chi connectivity index (χ2v) is 9.84. The molecule has 3 N–H and O–H groups in total. The molecule has 1 saturated heterocycles. The second kappa shape index (κ2) is 13.9. The molecule has 0 unspecified atom stereocenters. The molecule has 9 heteroatoms. The van der Waals surface area contributed by atoms with E-state index < -0.39 is 23.7 Å². The van der Waals surface area contributed by atoms with E-state index in [1.54, 1.807) is 21.0 Å². The first-order chi connectivity index (χ1) is 18.6. The fraction of sp³-hybridized carbons (Fsp3) is 0.433. The molecule has 1 aliphatic heterocycles. The van der Waals surface area contributed by atoms with E-state index in [4.69, 9.17) is 14.2 Å². The van der Waals surface area contributed by atoms with E-state index in [2.05, 4.69) is 22.5 Å². The molecule has 39 heavy (non-hydrogen) atoms. The Bertz CT molecular complexity index is 1130. The normalized spacial score (nSPS) is 18.3. The molecule has 2 aromatic carbocycles. The Morgan fingerprint density at radius 2 is 1.59 bits per heavy atom. The summed E-state index contributed by atoms with van der Waals surface area (Å²) in [4.78, 5) is 39.1. The molecule has 2 aromatic rings. The van der Waals surface area contributed by atoms with Crippen LogP contribution in [0.4, 0.5) is 0 Å². The molecule has 1 aliphatic rings. The number of ketones is 1. The molecule has 0 aliphatic carbocycles. The van der Waals surface area contributed by atoms with Gasteiger partial charge in [0.2, 0.25) is 11.8 Å². The highest BCUT2D eigenvalue weighted by Gasteiger charge is 2.50. The van der Waals surface area contributed by atoms with Gasteiger partial charge < -0.3 is 30.2 Å². The van der Waals surface area contributed by atoms with E-state index in [1.165, 1.54) is 0 Å². The molecule has 3 rings (SSSR count). The molecule has 2 amide bonds. The number of benzene rings is 2. The van der Waals surface area contributed by atoms with Crippen LogP contribution < -0.4 is 20.7 Å².